The Hall–Kier alpha value is -2.51. The third-order valence-corrected chi connectivity index (χ3v) is 3.26. The fraction of sp³-hybridized carbons (Fsp3) is 0.0667. The van der Waals surface area contributed by atoms with Gasteiger partial charge in [-0.25, -0.2) is 4.79 Å². The molecular weight excluding hydrogens is 276 g/mol. The van der Waals surface area contributed by atoms with Crippen molar-refractivity contribution in [3.05, 3.63) is 69.2 Å². The lowest BCUT2D eigenvalue weighted by molar-refractivity contribution is 0.517. The molecule has 0 radical (unpaired) electrons. The molecule has 4 nitrogen and oxygen atoms in total. The van der Waals surface area contributed by atoms with Crippen LogP contribution in [0.25, 0.3) is 11.1 Å². The second-order valence-electron chi connectivity index (χ2n) is 4.38. The van der Waals surface area contributed by atoms with E-state index in [0.717, 1.165) is 5.56 Å². The lowest BCUT2D eigenvalue weighted by atomic mass is 10.1. The SMILES string of the molecule is N#Cc1cccc(Cn2c(=O)oc3ccc(Cl)cc32)c1. The number of fused-ring (bicyclic) bond motifs is 1. The molecule has 0 saturated carbocycles. The van der Waals surface area contributed by atoms with Crippen molar-refractivity contribution in [2.75, 3.05) is 0 Å². The summed E-state index contributed by atoms with van der Waals surface area (Å²) < 4.78 is 6.66. The van der Waals surface area contributed by atoms with Crippen LogP contribution in [-0.4, -0.2) is 4.57 Å². The van der Waals surface area contributed by atoms with Gasteiger partial charge in [0.05, 0.1) is 23.7 Å². The van der Waals surface area contributed by atoms with Crippen molar-refractivity contribution in [2.45, 2.75) is 6.54 Å². The molecular formula is C15H9ClN2O2. The van der Waals surface area contributed by atoms with E-state index in [1.807, 2.05) is 6.07 Å². The first kappa shape index (κ1) is 12.5. The van der Waals surface area contributed by atoms with Crippen LogP contribution in [0.15, 0.2) is 51.7 Å². The normalized spacial score (nSPS) is 10.6. The summed E-state index contributed by atoms with van der Waals surface area (Å²) in [4.78, 5) is 11.9. The first-order chi connectivity index (χ1) is 9.67. The summed E-state index contributed by atoms with van der Waals surface area (Å²) in [5.41, 5.74) is 2.55. The highest BCUT2D eigenvalue weighted by Gasteiger charge is 2.10. The number of nitrogens with zero attached hydrogens (tertiary/aromatic N) is 2. The maximum absolute atomic E-state index is 11.9. The highest BCUT2D eigenvalue weighted by Crippen LogP contribution is 2.19. The minimum atomic E-state index is -0.440. The second-order valence-corrected chi connectivity index (χ2v) is 4.81. The summed E-state index contributed by atoms with van der Waals surface area (Å²) in [7, 11) is 0. The first-order valence-electron chi connectivity index (χ1n) is 5.95. The summed E-state index contributed by atoms with van der Waals surface area (Å²) in [5, 5.41) is 9.44. The molecule has 0 saturated heterocycles. The van der Waals surface area contributed by atoms with Gasteiger partial charge < -0.3 is 4.42 Å². The zero-order chi connectivity index (χ0) is 14.1. The molecule has 0 aliphatic rings. The van der Waals surface area contributed by atoms with E-state index in [4.69, 9.17) is 21.3 Å². The van der Waals surface area contributed by atoms with Gasteiger partial charge >= 0.3 is 5.76 Å². The number of oxazole rings is 1. The highest BCUT2D eigenvalue weighted by molar-refractivity contribution is 6.31. The van der Waals surface area contributed by atoms with Gasteiger partial charge in [0.1, 0.15) is 0 Å². The number of halogens is 1. The molecule has 0 aliphatic carbocycles. The summed E-state index contributed by atoms with van der Waals surface area (Å²) in [6, 6.07) is 14.2. The summed E-state index contributed by atoms with van der Waals surface area (Å²) in [6.07, 6.45) is 0. The lowest BCUT2D eigenvalue weighted by Crippen LogP contribution is -2.14. The van der Waals surface area contributed by atoms with Gasteiger partial charge in [-0.1, -0.05) is 23.7 Å². The number of rotatable bonds is 2. The molecule has 0 unspecified atom stereocenters. The summed E-state index contributed by atoms with van der Waals surface area (Å²) in [5.74, 6) is -0.440. The Bertz CT molecular complexity index is 887. The van der Waals surface area contributed by atoms with Crippen molar-refractivity contribution in [1.82, 2.24) is 4.57 Å². The maximum atomic E-state index is 11.9. The van der Waals surface area contributed by atoms with Gasteiger partial charge in [0.15, 0.2) is 5.58 Å². The molecule has 0 spiro atoms. The fourth-order valence-corrected chi connectivity index (χ4v) is 2.27. The van der Waals surface area contributed by atoms with Crippen molar-refractivity contribution in [3.63, 3.8) is 0 Å². The maximum Gasteiger partial charge on any atom is 0.420 e. The van der Waals surface area contributed by atoms with E-state index in [9.17, 15) is 4.79 Å². The first-order valence-corrected chi connectivity index (χ1v) is 6.33. The molecule has 1 heterocycles. The zero-order valence-electron chi connectivity index (χ0n) is 10.3. The summed E-state index contributed by atoms with van der Waals surface area (Å²) in [6.45, 7) is 0.335. The number of benzene rings is 2. The highest BCUT2D eigenvalue weighted by atomic mass is 35.5. The third kappa shape index (κ3) is 2.20. The van der Waals surface area contributed by atoms with E-state index in [0.29, 0.717) is 28.2 Å². The Kier molecular flexibility index (Phi) is 3.05. The molecule has 2 aromatic carbocycles. The topological polar surface area (TPSA) is 58.9 Å². The van der Waals surface area contributed by atoms with Crippen LogP contribution in [0, 0.1) is 11.3 Å². The van der Waals surface area contributed by atoms with Gasteiger partial charge in [0.2, 0.25) is 0 Å². The van der Waals surface area contributed by atoms with E-state index in [1.165, 1.54) is 4.57 Å². The molecule has 20 heavy (non-hydrogen) atoms. The minimum Gasteiger partial charge on any atom is -0.408 e. The molecule has 0 N–H and O–H groups in total. The molecule has 0 aliphatic heterocycles. The molecule has 5 heteroatoms. The number of nitriles is 1. The molecule has 3 aromatic rings. The van der Waals surface area contributed by atoms with Crippen LogP contribution in [0.4, 0.5) is 0 Å². The molecule has 98 valence electrons. The Labute approximate surface area is 119 Å². The molecule has 0 amide bonds. The number of hydrogen-bond donors (Lipinski definition) is 0. The van der Waals surface area contributed by atoms with Crippen molar-refractivity contribution >= 4 is 22.7 Å². The van der Waals surface area contributed by atoms with Crippen LogP contribution < -0.4 is 5.76 Å². The molecule has 0 fully saturated rings. The van der Waals surface area contributed by atoms with Gasteiger partial charge in [-0.05, 0) is 35.9 Å². The fourth-order valence-electron chi connectivity index (χ4n) is 2.11. The van der Waals surface area contributed by atoms with Gasteiger partial charge in [-0.3, -0.25) is 4.57 Å². The number of aromatic nitrogens is 1. The summed E-state index contributed by atoms with van der Waals surface area (Å²) >= 11 is 5.95. The molecule has 0 atom stereocenters. The molecule has 0 bridgehead atoms. The lowest BCUT2D eigenvalue weighted by Gasteiger charge is -2.03. The van der Waals surface area contributed by atoms with E-state index in [2.05, 4.69) is 6.07 Å². The van der Waals surface area contributed by atoms with Crippen molar-refractivity contribution in [1.29, 1.82) is 5.26 Å². The molecule has 3 rings (SSSR count). The van der Waals surface area contributed by atoms with Crippen LogP contribution in [0.2, 0.25) is 5.02 Å². The van der Waals surface area contributed by atoms with Crippen LogP contribution in [0.1, 0.15) is 11.1 Å². The Morgan fingerprint density at radius 1 is 1.25 bits per heavy atom. The average molecular weight is 285 g/mol. The van der Waals surface area contributed by atoms with Crippen molar-refractivity contribution in [3.8, 4) is 6.07 Å². The Morgan fingerprint density at radius 2 is 2.10 bits per heavy atom. The van der Waals surface area contributed by atoms with E-state index < -0.39 is 5.76 Å². The van der Waals surface area contributed by atoms with Crippen LogP contribution >= 0.6 is 11.6 Å². The van der Waals surface area contributed by atoms with Gasteiger partial charge in [-0.2, -0.15) is 5.26 Å². The predicted molar refractivity (Wildman–Crippen MR) is 75.7 cm³/mol. The monoisotopic (exact) mass is 284 g/mol. The Balaban J connectivity index is 2.10. The standard InChI is InChI=1S/C15H9ClN2O2/c16-12-4-5-14-13(7-12)18(15(19)20-14)9-11-3-1-2-10(6-11)8-17/h1-7H,9H2. The predicted octanol–water partition coefficient (Wildman–Crippen LogP) is 3.17. The van der Waals surface area contributed by atoms with Crippen molar-refractivity contribution < 1.29 is 4.42 Å². The average Bonchev–Trinajstić information content (AvgIpc) is 2.75. The van der Waals surface area contributed by atoms with E-state index in [-0.39, 0.29) is 0 Å². The van der Waals surface area contributed by atoms with Crippen LogP contribution in [0.5, 0.6) is 0 Å². The zero-order valence-corrected chi connectivity index (χ0v) is 11.1. The van der Waals surface area contributed by atoms with Gasteiger partial charge in [0, 0.05) is 5.02 Å². The van der Waals surface area contributed by atoms with Crippen molar-refractivity contribution in [2.24, 2.45) is 0 Å². The van der Waals surface area contributed by atoms with E-state index >= 15 is 0 Å². The smallest absolute Gasteiger partial charge is 0.408 e. The Morgan fingerprint density at radius 3 is 2.90 bits per heavy atom. The van der Waals surface area contributed by atoms with Crippen LogP contribution in [-0.2, 0) is 6.54 Å². The van der Waals surface area contributed by atoms with E-state index in [1.54, 1.807) is 36.4 Å². The van der Waals surface area contributed by atoms with Gasteiger partial charge in [-0.15, -0.1) is 0 Å². The number of hydrogen-bond acceptors (Lipinski definition) is 3. The quantitative estimate of drug-likeness (QED) is 0.726. The van der Waals surface area contributed by atoms with Gasteiger partial charge in [0.25, 0.3) is 0 Å². The minimum absolute atomic E-state index is 0.335. The van der Waals surface area contributed by atoms with Crippen LogP contribution in [0.3, 0.4) is 0 Å². The third-order valence-electron chi connectivity index (χ3n) is 3.03. The largest absolute Gasteiger partial charge is 0.420 e. The second kappa shape index (κ2) is 4.87. The molecule has 1 aromatic heterocycles.